The molecule has 0 spiro atoms. The largest absolute Gasteiger partial charge is 0.481 e. The maximum absolute atomic E-state index is 13.6. The second-order valence-electron chi connectivity index (χ2n) is 4.94. The first-order valence-electron chi connectivity index (χ1n) is 6.02. The van der Waals surface area contributed by atoms with Crippen LogP contribution >= 0.6 is 0 Å². The van der Waals surface area contributed by atoms with E-state index in [4.69, 9.17) is 5.11 Å². The van der Waals surface area contributed by atoms with E-state index < -0.39 is 50.2 Å². The van der Waals surface area contributed by atoms with Crippen LogP contribution in [0.5, 0.6) is 0 Å². The zero-order chi connectivity index (χ0) is 15.9. The third-order valence-electron chi connectivity index (χ3n) is 3.46. The van der Waals surface area contributed by atoms with Gasteiger partial charge >= 0.3 is 5.97 Å². The van der Waals surface area contributed by atoms with Crippen LogP contribution in [-0.4, -0.2) is 36.9 Å². The summed E-state index contributed by atoms with van der Waals surface area (Å²) in [5, 5.41) is 8.96. The molecular formula is C12H12F3NO4S. The van der Waals surface area contributed by atoms with Gasteiger partial charge in [-0.25, -0.2) is 21.6 Å². The lowest BCUT2D eigenvalue weighted by molar-refractivity contribution is -0.142. The van der Waals surface area contributed by atoms with E-state index >= 15 is 0 Å². The van der Waals surface area contributed by atoms with Crippen molar-refractivity contribution in [3.8, 4) is 0 Å². The second-order valence-corrected chi connectivity index (χ2v) is 6.82. The lowest BCUT2D eigenvalue weighted by atomic mass is 9.99. The van der Waals surface area contributed by atoms with Crippen molar-refractivity contribution < 1.29 is 31.5 Å². The monoisotopic (exact) mass is 323 g/mol. The molecule has 0 aliphatic carbocycles. The van der Waals surface area contributed by atoms with Crippen LogP contribution in [0.15, 0.2) is 17.0 Å². The quantitative estimate of drug-likeness (QED) is 0.913. The number of carboxylic acid groups (broad SMARTS) is 1. The highest BCUT2D eigenvalue weighted by molar-refractivity contribution is 7.89. The number of carbonyl (C=O) groups is 1. The molecule has 0 saturated carbocycles. The molecule has 1 aliphatic heterocycles. The number of nitrogens with zero attached hydrogens (tertiary/aromatic N) is 1. The Morgan fingerprint density at radius 3 is 2.19 bits per heavy atom. The maximum atomic E-state index is 13.6. The highest BCUT2D eigenvalue weighted by Crippen LogP contribution is 2.31. The van der Waals surface area contributed by atoms with Crippen molar-refractivity contribution in [2.75, 3.05) is 13.1 Å². The summed E-state index contributed by atoms with van der Waals surface area (Å²) in [5.41, 5.74) is 0. The molecule has 0 aromatic heterocycles. The van der Waals surface area contributed by atoms with Crippen molar-refractivity contribution >= 4 is 16.0 Å². The van der Waals surface area contributed by atoms with E-state index in [-0.39, 0.29) is 25.2 Å². The average Bonchev–Trinajstić information content (AvgIpc) is 2.70. The average molecular weight is 323 g/mol. The fourth-order valence-corrected chi connectivity index (χ4v) is 4.00. The molecular weight excluding hydrogens is 311 g/mol. The zero-order valence-electron chi connectivity index (χ0n) is 10.9. The van der Waals surface area contributed by atoms with Gasteiger partial charge in [0, 0.05) is 25.2 Å². The second kappa shape index (κ2) is 5.30. The number of aliphatic carboxylic acids is 1. The van der Waals surface area contributed by atoms with Gasteiger partial charge in [-0.3, -0.25) is 4.79 Å². The Morgan fingerprint density at radius 2 is 1.76 bits per heavy atom. The molecule has 1 fully saturated rings. The Kier molecular flexibility index (Phi) is 3.98. The minimum atomic E-state index is -4.56. The fourth-order valence-electron chi connectivity index (χ4n) is 2.34. The van der Waals surface area contributed by atoms with Crippen molar-refractivity contribution in [1.29, 1.82) is 0 Å². The van der Waals surface area contributed by atoms with E-state index in [9.17, 15) is 26.4 Å². The van der Waals surface area contributed by atoms with Gasteiger partial charge in [0.05, 0.1) is 5.92 Å². The molecule has 116 valence electrons. The third-order valence-corrected chi connectivity index (χ3v) is 5.34. The summed E-state index contributed by atoms with van der Waals surface area (Å²) in [7, 11) is -4.56. The minimum Gasteiger partial charge on any atom is -0.481 e. The molecule has 2 rings (SSSR count). The molecule has 1 aromatic carbocycles. The van der Waals surface area contributed by atoms with Crippen LogP contribution in [0, 0.1) is 29.3 Å². The summed E-state index contributed by atoms with van der Waals surface area (Å²) in [6.07, 6.45) is 0. The highest BCUT2D eigenvalue weighted by atomic mass is 32.2. The van der Waals surface area contributed by atoms with E-state index in [0.717, 1.165) is 0 Å². The lowest BCUT2D eigenvalue weighted by Gasteiger charge is -2.17. The number of hydrogen-bond donors (Lipinski definition) is 1. The van der Waals surface area contributed by atoms with Crippen molar-refractivity contribution in [2.45, 2.75) is 11.8 Å². The van der Waals surface area contributed by atoms with Gasteiger partial charge in [0.25, 0.3) is 0 Å². The van der Waals surface area contributed by atoms with E-state index in [2.05, 4.69) is 0 Å². The van der Waals surface area contributed by atoms with E-state index in [1.54, 1.807) is 0 Å². The Hall–Kier alpha value is -1.61. The fraction of sp³-hybridized carbons (Fsp3) is 0.417. The van der Waals surface area contributed by atoms with Gasteiger partial charge in [0.15, 0.2) is 4.90 Å². The molecule has 1 heterocycles. The van der Waals surface area contributed by atoms with E-state index in [1.807, 2.05) is 0 Å². The molecule has 0 radical (unpaired) electrons. The molecule has 0 bridgehead atoms. The highest BCUT2D eigenvalue weighted by Gasteiger charge is 2.42. The summed E-state index contributed by atoms with van der Waals surface area (Å²) in [6, 6.07) is 0.536. The third kappa shape index (κ3) is 2.75. The first-order chi connectivity index (χ1) is 9.64. The number of carboxylic acids is 1. The molecule has 2 unspecified atom stereocenters. The van der Waals surface area contributed by atoms with Gasteiger partial charge in [0.2, 0.25) is 10.0 Å². The van der Waals surface area contributed by atoms with Gasteiger partial charge in [-0.15, -0.1) is 0 Å². The predicted molar refractivity (Wildman–Crippen MR) is 65.4 cm³/mol. The summed E-state index contributed by atoms with van der Waals surface area (Å²) in [6.45, 7) is 0.982. The van der Waals surface area contributed by atoms with Crippen LogP contribution in [0.4, 0.5) is 13.2 Å². The van der Waals surface area contributed by atoms with Crippen LogP contribution in [-0.2, 0) is 14.8 Å². The van der Waals surface area contributed by atoms with Crippen LogP contribution in [0.25, 0.3) is 0 Å². The van der Waals surface area contributed by atoms with Crippen LogP contribution in [0.3, 0.4) is 0 Å². The SMILES string of the molecule is CC1CN(S(=O)(=O)c2c(F)cc(F)cc2F)CC1C(=O)O. The number of sulfonamides is 1. The van der Waals surface area contributed by atoms with Crippen molar-refractivity contribution in [3.05, 3.63) is 29.6 Å². The first kappa shape index (κ1) is 15.8. The van der Waals surface area contributed by atoms with Crippen LogP contribution < -0.4 is 0 Å². The van der Waals surface area contributed by atoms with Gasteiger partial charge in [-0.1, -0.05) is 6.92 Å². The normalized spacial score (nSPS) is 23.4. The molecule has 2 atom stereocenters. The van der Waals surface area contributed by atoms with Gasteiger partial charge < -0.3 is 5.11 Å². The van der Waals surface area contributed by atoms with Crippen LogP contribution in [0.1, 0.15) is 6.92 Å². The van der Waals surface area contributed by atoms with Gasteiger partial charge in [-0.05, 0) is 5.92 Å². The standard InChI is InChI=1S/C12H12F3NO4S/c1-6-4-16(5-8(6)12(17)18)21(19,20)11-9(14)2-7(13)3-10(11)15/h2-3,6,8H,4-5H2,1H3,(H,17,18). The Bertz CT molecular complexity index is 669. The lowest BCUT2D eigenvalue weighted by Crippen LogP contribution is -2.31. The summed E-state index contributed by atoms with van der Waals surface area (Å²) < 4.78 is 65.2. The first-order valence-corrected chi connectivity index (χ1v) is 7.46. The number of halogens is 3. The molecule has 9 heteroatoms. The summed E-state index contributed by atoms with van der Waals surface area (Å²) in [5.74, 6) is -6.95. The Labute approximate surface area is 119 Å². The number of rotatable bonds is 3. The Balaban J connectivity index is 2.43. The summed E-state index contributed by atoms with van der Waals surface area (Å²) >= 11 is 0. The van der Waals surface area contributed by atoms with Crippen molar-refractivity contribution in [2.24, 2.45) is 11.8 Å². The molecule has 1 aromatic rings. The van der Waals surface area contributed by atoms with Crippen molar-refractivity contribution in [1.82, 2.24) is 4.31 Å². The minimum absolute atomic E-state index is 0.171. The van der Waals surface area contributed by atoms with E-state index in [0.29, 0.717) is 4.31 Å². The molecule has 1 saturated heterocycles. The van der Waals surface area contributed by atoms with Crippen LogP contribution in [0.2, 0.25) is 0 Å². The van der Waals surface area contributed by atoms with Crippen molar-refractivity contribution in [3.63, 3.8) is 0 Å². The Morgan fingerprint density at radius 1 is 1.24 bits per heavy atom. The number of benzene rings is 1. The molecule has 21 heavy (non-hydrogen) atoms. The predicted octanol–water partition coefficient (Wildman–Crippen LogP) is 1.45. The van der Waals surface area contributed by atoms with Gasteiger partial charge in [-0.2, -0.15) is 4.31 Å². The number of hydrogen-bond acceptors (Lipinski definition) is 3. The smallest absolute Gasteiger partial charge is 0.308 e. The van der Waals surface area contributed by atoms with Gasteiger partial charge in [0.1, 0.15) is 17.5 Å². The molecule has 0 amide bonds. The topological polar surface area (TPSA) is 74.7 Å². The molecule has 5 nitrogen and oxygen atoms in total. The zero-order valence-corrected chi connectivity index (χ0v) is 11.7. The van der Waals surface area contributed by atoms with E-state index in [1.165, 1.54) is 6.92 Å². The molecule has 1 aliphatic rings. The maximum Gasteiger partial charge on any atom is 0.308 e. The molecule has 1 N–H and O–H groups in total. The summed E-state index contributed by atoms with van der Waals surface area (Å²) in [4.78, 5) is 9.72.